The van der Waals surface area contributed by atoms with E-state index in [4.69, 9.17) is 9.26 Å². The second-order valence-corrected chi connectivity index (χ2v) is 8.58. The molecule has 6 heteroatoms. The first-order valence-corrected chi connectivity index (χ1v) is 10.6. The van der Waals surface area contributed by atoms with Crippen LogP contribution in [0.5, 0.6) is 5.75 Å². The zero-order valence-electron chi connectivity index (χ0n) is 17.8. The van der Waals surface area contributed by atoms with Crippen molar-refractivity contribution in [2.75, 3.05) is 19.6 Å². The number of piperidine rings is 1. The number of hydrogen-bond acceptors (Lipinski definition) is 5. The molecular weight excluding hydrogens is 366 g/mol. The van der Waals surface area contributed by atoms with Crippen molar-refractivity contribution >= 4 is 5.91 Å². The number of aromatic nitrogens is 1. The Bertz CT molecular complexity index is 821. The van der Waals surface area contributed by atoms with E-state index in [1.165, 1.54) is 0 Å². The number of ether oxygens (including phenoxy) is 1. The number of likely N-dealkylation sites (tertiary alicyclic amines) is 2. The highest BCUT2D eigenvalue weighted by Crippen LogP contribution is 2.36. The van der Waals surface area contributed by atoms with Crippen molar-refractivity contribution in [1.82, 2.24) is 15.0 Å². The lowest BCUT2D eigenvalue weighted by atomic mass is 9.79. The van der Waals surface area contributed by atoms with Crippen LogP contribution in [0.15, 0.2) is 34.9 Å². The predicted octanol–water partition coefficient (Wildman–Crippen LogP) is 3.68. The van der Waals surface area contributed by atoms with E-state index in [-0.39, 0.29) is 12.0 Å². The van der Waals surface area contributed by atoms with Gasteiger partial charge in [-0.05, 0) is 58.6 Å². The number of para-hydroxylation sites is 1. The molecule has 2 aliphatic rings. The standard InChI is InChI=1S/C23H31N3O3/c1-15(2)26-14-20(28-19-8-6-5-7-9-19)22(26)18-10-12-25(13-11-18)23(27)21-16(3)24-29-17(21)4/h5-9,15,18,20,22H,10-14H2,1-4H3. The highest BCUT2D eigenvalue weighted by atomic mass is 16.5. The summed E-state index contributed by atoms with van der Waals surface area (Å²) in [5.74, 6) is 2.13. The van der Waals surface area contributed by atoms with Crippen LogP contribution in [0, 0.1) is 19.8 Å². The normalized spacial score (nSPS) is 23.3. The Morgan fingerprint density at radius 2 is 1.86 bits per heavy atom. The smallest absolute Gasteiger partial charge is 0.259 e. The molecule has 2 atom stereocenters. The number of nitrogens with zero attached hydrogens (tertiary/aromatic N) is 3. The SMILES string of the molecule is Cc1noc(C)c1C(=O)N1CCC(C2C(Oc3ccccc3)CN2C(C)C)CC1. The van der Waals surface area contributed by atoms with Crippen LogP contribution in [0.2, 0.25) is 0 Å². The summed E-state index contributed by atoms with van der Waals surface area (Å²) in [7, 11) is 0. The van der Waals surface area contributed by atoms with Gasteiger partial charge in [-0.15, -0.1) is 0 Å². The lowest BCUT2D eigenvalue weighted by molar-refractivity contribution is -0.0983. The van der Waals surface area contributed by atoms with Gasteiger partial charge in [0.15, 0.2) is 0 Å². The molecule has 6 nitrogen and oxygen atoms in total. The molecule has 1 aromatic carbocycles. The van der Waals surface area contributed by atoms with Gasteiger partial charge in [0.25, 0.3) is 5.91 Å². The molecule has 2 fully saturated rings. The molecular formula is C23H31N3O3. The predicted molar refractivity (Wildman–Crippen MR) is 111 cm³/mol. The highest BCUT2D eigenvalue weighted by Gasteiger charge is 2.47. The molecule has 1 amide bonds. The van der Waals surface area contributed by atoms with Gasteiger partial charge in [-0.1, -0.05) is 23.4 Å². The van der Waals surface area contributed by atoms with Crippen molar-refractivity contribution in [2.24, 2.45) is 5.92 Å². The maximum Gasteiger partial charge on any atom is 0.259 e. The summed E-state index contributed by atoms with van der Waals surface area (Å²) >= 11 is 0. The van der Waals surface area contributed by atoms with Crippen molar-refractivity contribution in [2.45, 2.75) is 58.7 Å². The lowest BCUT2D eigenvalue weighted by Gasteiger charge is -2.54. The van der Waals surface area contributed by atoms with Crippen LogP contribution in [0.1, 0.15) is 48.5 Å². The molecule has 0 bridgehead atoms. The molecule has 0 spiro atoms. The minimum Gasteiger partial charge on any atom is -0.487 e. The summed E-state index contributed by atoms with van der Waals surface area (Å²) < 4.78 is 11.5. The number of carbonyl (C=O) groups is 1. The van der Waals surface area contributed by atoms with Crippen LogP contribution in [0.4, 0.5) is 0 Å². The van der Waals surface area contributed by atoms with Gasteiger partial charge in [0, 0.05) is 25.7 Å². The van der Waals surface area contributed by atoms with Gasteiger partial charge in [0.2, 0.25) is 0 Å². The third kappa shape index (κ3) is 3.90. The van der Waals surface area contributed by atoms with E-state index in [0.717, 1.165) is 38.2 Å². The number of benzene rings is 1. The van der Waals surface area contributed by atoms with Gasteiger partial charge in [0.1, 0.15) is 23.2 Å². The second-order valence-electron chi connectivity index (χ2n) is 8.58. The zero-order valence-corrected chi connectivity index (χ0v) is 17.8. The molecule has 2 aliphatic heterocycles. The molecule has 0 aliphatic carbocycles. The maximum atomic E-state index is 12.9. The van der Waals surface area contributed by atoms with Crippen LogP contribution >= 0.6 is 0 Å². The first kappa shape index (κ1) is 20.0. The van der Waals surface area contributed by atoms with Gasteiger partial charge < -0.3 is 14.2 Å². The summed E-state index contributed by atoms with van der Waals surface area (Å²) in [6, 6.07) is 11.0. The van der Waals surface area contributed by atoms with E-state index in [1.807, 2.05) is 42.2 Å². The van der Waals surface area contributed by atoms with E-state index in [1.54, 1.807) is 6.92 Å². The number of carbonyl (C=O) groups excluding carboxylic acids is 1. The largest absolute Gasteiger partial charge is 0.487 e. The van der Waals surface area contributed by atoms with Crippen LogP contribution in [0.25, 0.3) is 0 Å². The molecule has 0 saturated carbocycles. The fourth-order valence-electron chi connectivity index (χ4n) is 4.81. The van der Waals surface area contributed by atoms with Gasteiger partial charge >= 0.3 is 0 Å². The Kier molecular flexibility index (Phi) is 5.63. The lowest BCUT2D eigenvalue weighted by Crippen LogP contribution is -2.68. The van der Waals surface area contributed by atoms with E-state index in [2.05, 4.69) is 23.9 Å². The van der Waals surface area contributed by atoms with E-state index in [9.17, 15) is 4.79 Å². The molecule has 4 rings (SSSR count). The molecule has 0 N–H and O–H groups in total. The topological polar surface area (TPSA) is 58.8 Å². The minimum absolute atomic E-state index is 0.0473. The quantitative estimate of drug-likeness (QED) is 0.770. The molecule has 2 unspecified atom stereocenters. The minimum atomic E-state index is 0.0473. The fraction of sp³-hybridized carbons (Fsp3) is 0.565. The summed E-state index contributed by atoms with van der Waals surface area (Å²) in [5.41, 5.74) is 1.30. The number of amides is 1. The van der Waals surface area contributed by atoms with E-state index >= 15 is 0 Å². The third-order valence-electron chi connectivity index (χ3n) is 6.41. The molecule has 2 aromatic rings. The second kappa shape index (κ2) is 8.19. The third-order valence-corrected chi connectivity index (χ3v) is 6.41. The van der Waals surface area contributed by atoms with Crippen molar-refractivity contribution in [3.8, 4) is 5.75 Å². The molecule has 0 radical (unpaired) electrons. The van der Waals surface area contributed by atoms with Gasteiger partial charge in [-0.2, -0.15) is 0 Å². The van der Waals surface area contributed by atoms with E-state index in [0.29, 0.717) is 35.0 Å². The molecule has 29 heavy (non-hydrogen) atoms. The van der Waals surface area contributed by atoms with Crippen LogP contribution in [-0.2, 0) is 0 Å². The summed E-state index contributed by atoms with van der Waals surface area (Å²) in [6.07, 6.45) is 2.21. The van der Waals surface area contributed by atoms with Crippen molar-refractivity contribution in [3.05, 3.63) is 47.3 Å². The Labute approximate surface area is 172 Å². The summed E-state index contributed by atoms with van der Waals surface area (Å²) in [5, 5.41) is 3.93. The highest BCUT2D eigenvalue weighted by molar-refractivity contribution is 5.96. The average Bonchev–Trinajstić information content (AvgIpc) is 3.03. The Morgan fingerprint density at radius 3 is 2.45 bits per heavy atom. The van der Waals surface area contributed by atoms with Gasteiger partial charge in [0.05, 0.1) is 11.7 Å². The number of rotatable bonds is 5. The Morgan fingerprint density at radius 1 is 1.17 bits per heavy atom. The van der Waals surface area contributed by atoms with E-state index < -0.39 is 0 Å². The fourth-order valence-corrected chi connectivity index (χ4v) is 4.81. The number of hydrogen-bond donors (Lipinski definition) is 0. The van der Waals surface area contributed by atoms with Crippen LogP contribution in [-0.4, -0.2) is 58.7 Å². The average molecular weight is 398 g/mol. The van der Waals surface area contributed by atoms with Crippen molar-refractivity contribution in [3.63, 3.8) is 0 Å². The first-order valence-electron chi connectivity index (χ1n) is 10.6. The van der Waals surface area contributed by atoms with Gasteiger partial charge in [-0.3, -0.25) is 9.69 Å². The van der Waals surface area contributed by atoms with Crippen molar-refractivity contribution < 1.29 is 14.1 Å². The Balaban J connectivity index is 1.41. The maximum absolute atomic E-state index is 12.9. The van der Waals surface area contributed by atoms with Gasteiger partial charge in [-0.25, -0.2) is 0 Å². The molecule has 3 heterocycles. The monoisotopic (exact) mass is 397 g/mol. The van der Waals surface area contributed by atoms with Crippen LogP contribution < -0.4 is 4.74 Å². The Hall–Kier alpha value is -2.34. The van der Waals surface area contributed by atoms with Crippen molar-refractivity contribution in [1.29, 1.82) is 0 Å². The zero-order chi connectivity index (χ0) is 20.5. The molecule has 2 saturated heterocycles. The first-order chi connectivity index (χ1) is 14.0. The molecule has 1 aromatic heterocycles. The summed E-state index contributed by atoms with van der Waals surface area (Å²) in [4.78, 5) is 17.4. The summed E-state index contributed by atoms with van der Waals surface area (Å²) in [6.45, 7) is 10.7. The van der Waals surface area contributed by atoms with Crippen LogP contribution in [0.3, 0.4) is 0 Å². The number of aryl methyl sites for hydroxylation is 2. The molecule has 156 valence electrons.